The summed E-state index contributed by atoms with van der Waals surface area (Å²) in [5.74, 6) is -0.213. The van der Waals surface area contributed by atoms with Gasteiger partial charge in [-0.05, 0) is 23.8 Å². The third-order valence-corrected chi connectivity index (χ3v) is 3.63. The Balaban J connectivity index is 2.00. The van der Waals surface area contributed by atoms with E-state index in [0.717, 1.165) is 10.0 Å². The minimum Gasteiger partial charge on any atom is -0.504 e. The van der Waals surface area contributed by atoms with Crippen LogP contribution in [0, 0.1) is 0 Å². The molecular formula is C16H12BrNO3. The fraction of sp³-hybridized carbons (Fsp3) is 0.0625. The third kappa shape index (κ3) is 2.78. The number of aromatic amines is 1. The number of halogens is 1. The predicted molar refractivity (Wildman–Crippen MR) is 84.7 cm³/mol. The first-order chi connectivity index (χ1) is 10.1. The lowest BCUT2D eigenvalue weighted by molar-refractivity contribution is 0.286. The summed E-state index contributed by atoms with van der Waals surface area (Å²) in [6, 6.07) is 14.7. The van der Waals surface area contributed by atoms with Gasteiger partial charge >= 0.3 is 0 Å². The molecule has 0 aliphatic rings. The zero-order chi connectivity index (χ0) is 14.8. The molecule has 0 atom stereocenters. The largest absolute Gasteiger partial charge is 0.504 e. The lowest BCUT2D eigenvalue weighted by Gasteiger charge is -2.09. The van der Waals surface area contributed by atoms with Gasteiger partial charge in [0.15, 0.2) is 5.75 Å². The molecule has 0 amide bonds. The molecule has 2 aromatic carbocycles. The fourth-order valence-electron chi connectivity index (χ4n) is 2.09. The van der Waals surface area contributed by atoms with Crippen molar-refractivity contribution in [1.29, 1.82) is 0 Å². The standard InChI is InChI=1S/C16H12BrNO3/c17-11-6-7-13-12(8-11)14(19)15(16(20)18-13)21-9-10-4-2-1-3-5-10/h1-8H,9H2,(H2,18,19,20). The van der Waals surface area contributed by atoms with Crippen LogP contribution in [0.25, 0.3) is 10.9 Å². The summed E-state index contributed by atoms with van der Waals surface area (Å²) in [6.45, 7) is 0.219. The Morgan fingerprint density at radius 2 is 1.90 bits per heavy atom. The summed E-state index contributed by atoms with van der Waals surface area (Å²) in [5.41, 5.74) is 1.04. The number of aromatic nitrogens is 1. The van der Waals surface area contributed by atoms with Crippen LogP contribution in [0.4, 0.5) is 0 Å². The first-order valence-electron chi connectivity index (χ1n) is 6.36. The Labute approximate surface area is 129 Å². The van der Waals surface area contributed by atoms with Crippen molar-refractivity contribution in [3.63, 3.8) is 0 Å². The smallest absolute Gasteiger partial charge is 0.294 e. The monoisotopic (exact) mass is 345 g/mol. The van der Waals surface area contributed by atoms with Gasteiger partial charge < -0.3 is 14.8 Å². The zero-order valence-electron chi connectivity index (χ0n) is 11.0. The summed E-state index contributed by atoms with van der Waals surface area (Å²) in [7, 11) is 0. The first kappa shape index (κ1) is 13.7. The zero-order valence-corrected chi connectivity index (χ0v) is 12.6. The van der Waals surface area contributed by atoms with E-state index in [1.54, 1.807) is 18.2 Å². The molecule has 1 heterocycles. The van der Waals surface area contributed by atoms with Gasteiger partial charge in [0.05, 0.1) is 5.52 Å². The van der Waals surface area contributed by atoms with Crippen molar-refractivity contribution in [3.05, 3.63) is 68.9 Å². The molecule has 3 rings (SSSR count). The molecule has 5 heteroatoms. The molecule has 1 aromatic heterocycles. The van der Waals surface area contributed by atoms with E-state index >= 15 is 0 Å². The highest BCUT2D eigenvalue weighted by atomic mass is 79.9. The minimum absolute atomic E-state index is 0.0653. The lowest BCUT2D eigenvalue weighted by Crippen LogP contribution is -2.11. The number of rotatable bonds is 3. The van der Waals surface area contributed by atoms with Crippen LogP contribution in [-0.4, -0.2) is 10.1 Å². The Morgan fingerprint density at radius 3 is 2.67 bits per heavy atom. The van der Waals surface area contributed by atoms with Crippen LogP contribution in [0.2, 0.25) is 0 Å². The van der Waals surface area contributed by atoms with Crippen molar-refractivity contribution < 1.29 is 9.84 Å². The van der Waals surface area contributed by atoms with Gasteiger partial charge in [0.25, 0.3) is 5.56 Å². The molecule has 2 N–H and O–H groups in total. The molecule has 4 nitrogen and oxygen atoms in total. The topological polar surface area (TPSA) is 62.3 Å². The van der Waals surface area contributed by atoms with Gasteiger partial charge in [-0.3, -0.25) is 4.79 Å². The molecule has 0 aliphatic carbocycles. The normalized spacial score (nSPS) is 10.7. The van der Waals surface area contributed by atoms with E-state index < -0.39 is 5.56 Å². The number of pyridine rings is 1. The van der Waals surface area contributed by atoms with Crippen LogP contribution in [-0.2, 0) is 6.61 Å². The maximum absolute atomic E-state index is 12.0. The molecule has 0 saturated carbocycles. The molecule has 0 spiro atoms. The molecule has 3 aromatic rings. The van der Waals surface area contributed by atoms with Crippen molar-refractivity contribution in [1.82, 2.24) is 4.98 Å². The molecule has 0 saturated heterocycles. The van der Waals surface area contributed by atoms with Crippen molar-refractivity contribution in [2.24, 2.45) is 0 Å². The van der Waals surface area contributed by atoms with Crippen LogP contribution in [0.1, 0.15) is 5.56 Å². The number of hydrogen-bond donors (Lipinski definition) is 2. The number of ether oxygens (including phenoxy) is 1. The summed E-state index contributed by atoms with van der Waals surface area (Å²) in [5, 5.41) is 10.8. The van der Waals surface area contributed by atoms with Gasteiger partial charge in [-0.15, -0.1) is 0 Å². The molecular weight excluding hydrogens is 334 g/mol. The van der Waals surface area contributed by atoms with Crippen molar-refractivity contribution in [2.45, 2.75) is 6.61 Å². The predicted octanol–water partition coefficient (Wildman–Crippen LogP) is 3.58. The summed E-state index contributed by atoms with van der Waals surface area (Å²) < 4.78 is 6.30. The van der Waals surface area contributed by atoms with Crippen molar-refractivity contribution in [2.75, 3.05) is 0 Å². The van der Waals surface area contributed by atoms with Gasteiger partial charge in [-0.1, -0.05) is 46.3 Å². The number of aromatic hydroxyl groups is 1. The van der Waals surface area contributed by atoms with Gasteiger partial charge in [0.1, 0.15) is 6.61 Å². The second kappa shape index (κ2) is 5.61. The molecule has 0 fully saturated rings. The average molecular weight is 346 g/mol. The Morgan fingerprint density at radius 1 is 1.14 bits per heavy atom. The Bertz CT molecular complexity index is 843. The Hall–Kier alpha value is -2.27. The number of fused-ring (bicyclic) bond motifs is 1. The number of benzene rings is 2. The second-order valence-corrected chi connectivity index (χ2v) is 5.51. The van der Waals surface area contributed by atoms with Gasteiger partial charge in [0.2, 0.25) is 5.75 Å². The van der Waals surface area contributed by atoms with E-state index in [4.69, 9.17) is 4.74 Å². The van der Waals surface area contributed by atoms with Crippen LogP contribution in [0.3, 0.4) is 0 Å². The molecule has 106 valence electrons. The van der Waals surface area contributed by atoms with Crippen LogP contribution in [0.5, 0.6) is 11.5 Å². The van der Waals surface area contributed by atoms with Crippen molar-refractivity contribution in [3.8, 4) is 11.5 Å². The quantitative estimate of drug-likeness (QED) is 0.762. The lowest BCUT2D eigenvalue weighted by atomic mass is 10.2. The third-order valence-electron chi connectivity index (χ3n) is 3.13. The highest BCUT2D eigenvalue weighted by Gasteiger charge is 2.13. The van der Waals surface area contributed by atoms with E-state index in [0.29, 0.717) is 10.9 Å². The molecule has 0 unspecified atom stereocenters. The maximum atomic E-state index is 12.0. The van der Waals surface area contributed by atoms with Crippen LogP contribution >= 0.6 is 15.9 Å². The van der Waals surface area contributed by atoms with E-state index in [1.807, 2.05) is 30.3 Å². The van der Waals surface area contributed by atoms with Crippen LogP contribution in [0.15, 0.2) is 57.8 Å². The molecule has 0 bridgehead atoms. The highest BCUT2D eigenvalue weighted by Crippen LogP contribution is 2.32. The SMILES string of the molecule is O=c1[nH]c2ccc(Br)cc2c(O)c1OCc1ccccc1. The van der Waals surface area contributed by atoms with Gasteiger partial charge in [0, 0.05) is 9.86 Å². The van der Waals surface area contributed by atoms with E-state index in [1.165, 1.54) is 0 Å². The molecule has 0 radical (unpaired) electrons. The van der Waals surface area contributed by atoms with Crippen molar-refractivity contribution >= 4 is 26.8 Å². The summed E-state index contributed by atoms with van der Waals surface area (Å²) in [6.07, 6.45) is 0. The van der Waals surface area contributed by atoms with Crippen LogP contribution < -0.4 is 10.3 Å². The van der Waals surface area contributed by atoms with E-state index in [9.17, 15) is 9.90 Å². The Kier molecular flexibility index (Phi) is 3.66. The number of H-pyrrole nitrogens is 1. The number of nitrogens with one attached hydrogen (secondary N) is 1. The van der Waals surface area contributed by atoms with Gasteiger partial charge in [-0.2, -0.15) is 0 Å². The average Bonchev–Trinajstić information content (AvgIpc) is 2.49. The summed E-state index contributed by atoms with van der Waals surface area (Å²) >= 11 is 3.34. The highest BCUT2D eigenvalue weighted by molar-refractivity contribution is 9.10. The molecule has 21 heavy (non-hydrogen) atoms. The second-order valence-electron chi connectivity index (χ2n) is 4.60. The minimum atomic E-state index is -0.446. The maximum Gasteiger partial charge on any atom is 0.294 e. The summed E-state index contributed by atoms with van der Waals surface area (Å²) in [4.78, 5) is 14.7. The molecule has 0 aliphatic heterocycles. The van der Waals surface area contributed by atoms with E-state index in [2.05, 4.69) is 20.9 Å². The first-order valence-corrected chi connectivity index (χ1v) is 7.15. The van der Waals surface area contributed by atoms with E-state index in [-0.39, 0.29) is 18.1 Å². The van der Waals surface area contributed by atoms with Gasteiger partial charge in [-0.25, -0.2) is 0 Å². The fourth-order valence-corrected chi connectivity index (χ4v) is 2.46. The number of hydrogen-bond acceptors (Lipinski definition) is 3.